The number of fused-ring (bicyclic) bond motifs is 1. The molecular weight excluding hydrogens is 426 g/mol. The molecule has 4 aromatic rings. The Balaban J connectivity index is 1.29. The van der Waals surface area contributed by atoms with Crippen LogP contribution in [0.15, 0.2) is 54.9 Å². The number of anilines is 2. The molecule has 0 saturated carbocycles. The monoisotopic (exact) mass is 447 g/mol. The van der Waals surface area contributed by atoms with Gasteiger partial charge in [-0.2, -0.15) is 0 Å². The van der Waals surface area contributed by atoms with Crippen molar-refractivity contribution in [2.24, 2.45) is 0 Å². The molecule has 1 aliphatic heterocycles. The number of pyridine rings is 2. The molecule has 0 aliphatic carbocycles. The third-order valence-corrected chi connectivity index (χ3v) is 5.80. The van der Waals surface area contributed by atoms with Crippen LogP contribution in [0.4, 0.5) is 11.5 Å². The second-order valence-corrected chi connectivity index (χ2v) is 8.22. The predicted molar refractivity (Wildman–Crippen MR) is 126 cm³/mol. The third kappa shape index (κ3) is 4.28. The highest BCUT2D eigenvalue weighted by molar-refractivity contribution is 6.29. The summed E-state index contributed by atoms with van der Waals surface area (Å²) < 4.78 is 0. The summed E-state index contributed by atoms with van der Waals surface area (Å²) in [4.78, 5) is 33.7. The lowest BCUT2D eigenvalue weighted by Crippen LogP contribution is -2.44. The van der Waals surface area contributed by atoms with Gasteiger partial charge in [-0.1, -0.05) is 11.6 Å². The van der Waals surface area contributed by atoms with Crippen LogP contribution >= 0.6 is 11.6 Å². The number of benzene rings is 1. The number of rotatable bonds is 4. The van der Waals surface area contributed by atoms with Crippen molar-refractivity contribution < 1.29 is 4.79 Å². The number of nitrogens with one attached hydrogen (secondary N) is 2. The minimum absolute atomic E-state index is 0.205. The van der Waals surface area contributed by atoms with Gasteiger partial charge in [0.1, 0.15) is 16.8 Å². The Morgan fingerprint density at radius 2 is 1.88 bits per heavy atom. The van der Waals surface area contributed by atoms with Crippen molar-refractivity contribution in [3.05, 3.63) is 65.6 Å². The quantitative estimate of drug-likeness (QED) is 0.464. The lowest BCUT2D eigenvalue weighted by Gasteiger charge is -2.33. The number of likely N-dealkylation sites (N-methyl/N-ethyl adjacent to an activating group) is 1. The van der Waals surface area contributed by atoms with Gasteiger partial charge in [0.2, 0.25) is 0 Å². The first kappa shape index (κ1) is 20.4. The van der Waals surface area contributed by atoms with Gasteiger partial charge in [-0.3, -0.25) is 4.79 Å². The standard InChI is InChI=1S/C23H22ClN7O/c1-30-8-10-31(11-9-30)21-7-3-16(14-26-21)23(32)27-17-4-5-18-19(12-17)29-22(28-18)15-2-6-20(24)25-13-15/h2-7,12-14H,8-11H2,1H3,(H,27,32)(H,28,29). The van der Waals surface area contributed by atoms with Crippen molar-refractivity contribution >= 4 is 40.0 Å². The van der Waals surface area contributed by atoms with Crippen LogP contribution < -0.4 is 10.2 Å². The molecule has 1 saturated heterocycles. The normalized spacial score (nSPS) is 14.6. The number of hydrogen-bond donors (Lipinski definition) is 2. The molecule has 5 rings (SSSR count). The van der Waals surface area contributed by atoms with Gasteiger partial charge in [0.25, 0.3) is 5.91 Å². The topological polar surface area (TPSA) is 90.0 Å². The Labute approximate surface area is 190 Å². The molecule has 1 fully saturated rings. The molecule has 4 heterocycles. The summed E-state index contributed by atoms with van der Waals surface area (Å²) in [5.41, 5.74) is 3.64. The summed E-state index contributed by atoms with van der Waals surface area (Å²) in [6.45, 7) is 3.90. The Morgan fingerprint density at radius 3 is 2.59 bits per heavy atom. The molecule has 0 unspecified atom stereocenters. The molecule has 0 atom stereocenters. The Hall–Kier alpha value is -3.49. The average molecular weight is 448 g/mol. The largest absolute Gasteiger partial charge is 0.354 e. The van der Waals surface area contributed by atoms with Gasteiger partial charge in [-0.15, -0.1) is 0 Å². The second kappa shape index (κ2) is 8.57. The number of imidazole rings is 1. The van der Waals surface area contributed by atoms with Crippen LogP contribution in [0.2, 0.25) is 5.15 Å². The number of aromatic nitrogens is 4. The van der Waals surface area contributed by atoms with Crippen molar-refractivity contribution in [1.82, 2.24) is 24.8 Å². The van der Waals surface area contributed by atoms with Crippen LogP contribution in [0.5, 0.6) is 0 Å². The zero-order chi connectivity index (χ0) is 22.1. The van der Waals surface area contributed by atoms with E-state index in [0.29, 0.717) is 22.2 Å². The van der Waals surface area contributed by atoms with E-state index in [2.05, 4.69) is 42.1 Å². The fraction of sp³-hybridized carbons (Fsp3) is 0.217. The number of nitrogens with zero attached hydrogens (tertiary/aromatic N) is 5. The highest BCUT2D eigenvalue weighted by Gasteiger charge is 2.16. The molecule has 1 aromatic carbocycles. The summed E-state index contributed by atoms with van der Waals surface area (Å²) in [6, 6.07) is 12.9. The summed E-state index contributed by atoms with van der Waals surface area (Å²) in [5, 5.41) is 3.37. The van der Waals surface area contributed by atoms with Crippen LogP contribution in [-0.4, -0.2) is 64.0 Å². The zero-order valence-electron chi connectivity index (χ0n) is 17.5. The number of piperazine rings is 1. The molecular formula is C23H22ClN7O. The molecule has 1 amide bonds. The molecule has 0 bridgehead atoms. The third-order valence-electron chi connectivity index (χ3n) is 5.58. The van der Waals surface area contributed by atoms with Crippen LogP contribution in [-0.2, 0) is 0 Å². The van der Waals surface area contributed by atoms with E-state index in [-0.39, 0.29) is 5.91 Å². The first-order chi connectivity index (χ1) is 15.5. The predicted octanol–water partition coefficient (Wildman–Crippen LogP) is 3.68. The molecule has 1 aliphatic rings. The minimum Gasteiger partial charge on any atom is -0.354 e. The number of carbonyl (C=O) groups excluding carboxylic acids is 1. The van der Waals surface area contributed by atoms with Gasteiger partial charge in [0.05, 0.1) is 16.6 Å². The maximum Gasteiger partial charge on any atom is 0.257 e. The van der Waals surface area contributed by atoms with E-state index < -0.39 is 0 Å². The lowest BCUT2D eigenvalue weighted by molar-refractivity contribution is 0.102. The zero-order valence-corrected chi connectivity index (χ0v) is 18.3. The Kier molecular flexibility index (Phi) is 5.46. The maximum absolute atomic E-state index is 12.7. The second-order valence-electron chi connectivity index (χ2n) is 7.84. The first-order valence-electron chi connectivity index (χ1n) is 10.4. The summed E-state index contributed by atoms with van der Waals surface area (Å²) in [5.74, 6) is 1.39. The Morgan fingerprint density at radius 1 is 1.03 bits per heavy atom. The smallest absolute Gasteiger partial charge is 0.257 e. The van der Waals surface area contributed by atoms with Crippen LogP contribution in [0, 0.1) is 0 Å². The first-order valence-corrected chi connectivity index (χ1v) is 10.8. The average Bonchev–Trinajstić information content (AvgIpc) is 3.23. The minimum atomic E-state index is -0.205. The van der Waals surface area contributed by atoms with E-state index in [4.69, 9.17) is 11.6 Å². The van der Waals surface area contributed by atoms with Crippen LogP contribution in [0.3, 0.4) is 0 Å². The van der Waals surface area contributed by atoms with Crippen molar-refractivity contribution in [3.8, 4) is 11.4 Å². The molecule has 9 heteroatoms. The highest BCUT2D eigenvalue weighted by Crippen LogP contribution is 2.23. The number of halogens is 1. The van der Waals surface area contributed by atoms with E-state index in [9.17, 15) is 4.79 Å². The molecule has 0 radical (unpaired) electrons. The van der Waals surface area contributed by atoms with E-state index >= 15 is 0 Å². The summed E-state index contributed by atoms with van der Waals surface area (Å²) in [6.07, 6.45) is 3.30. The van der Waals surface area contributed by atoms with Crippen LogP contribution in [0.25, 0.3) is 22.4 Å². The van der Waals surface area contributed by atoms with E-state index in [0.717, 1.165) is 48.6 Å². The fourth-order valence-corrected chi connectivity index (χ4v) is 3.80. The van der Waals surface area contributed by atoms with Gasteiger partial charge >= 0.3 is 0 Å². The maximum atomic E-state index is 12.7. The number of aromatic amines is 1. The van der Waals surface area contributed by atoms with Crippen molar-refractivity contribution in [1.29, 1.82) is 0 Å². The number of amides is 1. The number of carbonyl (C=O) groups is 1. The van der Waals surface area contributed by atoms with Gasteiger partial charge in [0.15, 0.2) is 0 Å². The van der Waals surface area contributed by atoms with Gasteiger partial charge < -0.3 is 20.1 Å². The van der Waals surface area contributed by atoms with Gasteiger partial charge in [-0.25, -0.2) is 15.0 Å². The fourth-order valence-electron chi connectivity index (χ4n) is 3.69. The van der Waals surface area contributed by atoms with Crippen molar-refractivity contribution in [2.45, 2.75) is 0 Å². The number of hydrogen-bond acceptors (Lipinski definition) is 6. The molecule has 8 nitrogen and oxygen atoms in total. The molecule has 3 aromatic heterocycles. The van der Waals surface area contributed by atoms with E-state index in [1.54, 1.807) is 18.5 Å². The van der Waals surface area contributed by atoms with Crippen molar-refractivity contribution in [2.75, 3.05) is 43.4 Å². The van der Waals surface area contributed by atoms with E-state index in [1.165, 1.54) is 0 Å². The van der Waals surface area contributed by atoms with E-state index in [1.807, 2.05) is 36.4 Å². The lowest BCUT2D eigenvalue weighted by atomic mass is 10.2. The van der Waals surface area contributed by atoms with Gasteiger partial charge in [0, 0.05) is 49.8 Å². The molecule has 2 N–H and O–H groups in total. The highest BCUT2D eigenvalue weighted by atomic mass is 35.5. The molecule has 0 spiro atoms. The molecule has 162 valence electrons. The summed E-state index contributed by atoms with van der Waals surface area (Å²) >= 11 is 5.86. The molecule has 32 heavy (non-hydrogen) atoms. The van der Waals surface area contributed by atoms with Crippen LogP contribution in [0.1, 0.15) is 10.4 Å². The van der Waals surface area contributed by atoms with Crippen molar-refractivity contribution in [3.63, 3.8) is 0 Å². The summed E-state index contributed by atoms with van der Waals surface area (Å²) in [7, 11) is 2.12. The number of H-pyrrole nitrogens is 1. The SMILES string of the molecule is CN1CCN(c2ccc(C(=O)Nc3ccc4nc(-c5ccc(Cl)nc5)[nH]c4c3)cn2)CC1. The van der Waals surface area contributed by atoms with Gasteiger partial charge in [-0.05, 0) is 49.5 Å². The Bertz CT molecular complexity index is 1250.